The minimum Gasteiger partial charge on any atom is -0.496 e. The summed E-state index contributed by atoms with van der Waals surface area (Å²) in [6, 6.07) is 29.5. The van der Waals surface area contributed by atoms with E-state index in [9.17, 15) is 4.79 Å². The lowest BCUT2D eigenvalue weighted by molar-refractivity contribution is -0.118. The molecule has 1 aromatic heterocycles. The van der Waals surface area contributed by atoms with Crippen LogP contribution in [0.15, 0.2) is 106 Å². The van der Waals surface area contributed by atoms with Crippen LogP contribution in [0.5, 0.6) is 5.75 Å². The topological polar surface area (TPSA) is 81.4 Å². The standard InChI is InChI=1S/C28H22BrN5O2S/c1-36-25-16-11-19-7-5-6-10-23(19)24(25)17-30-31-26(35)18-37-28-33-32-27(20-8-3-2-4-9-20)34(28)22-14-12-21(29)13-15-22/h2-17H,18H2,1H3,(H,31,35). The van der Waals surface area contributed by atoms with Crippen molar-refractivity contribution >= 4 is 50.6 Å². The van der Waals surface area contributed by atoms with Gasteiger partial charge >= 0.3 is 0 Å². The lowest BCUT2D eigenvalue weighted by atomic mass is 10.0. The van der Waals surface area contributed by atoms with E-state index in [1.165, 1.54) is 11.8 Å². The molecule has 0 radical (unpaired) electrons. The van der Waals surface area contributed by atoms with E-state index in [-0.39, 0.29) is 11.7 Å². The first-order valence-electron chi connectivity index (χ1n) is 11.4. The Labute approximate surface area is 226 Å². The number of methoxy groups -OCH3 is 1. The molecule has 0 atom stereocenters. The number of nitrogens with zero attached hydrogens (tertiary/aromatic N) is 4. The van der Waals surface area contributed by atoms with Crippen LogP contribution in [-0.4, -0.2) is 39.7 Å². The molecule has 7 nitrogen and oxygen atoms in total. The second-order valence-electron chi connectivity index (χ2n) is 7.97. The van der Waals surface area contributed by atoms with E-state index < -0.39 is 0 Å². The number of carbonyl (C=O) groups excluding carboxylic acids is 1. The van der Waals surface area contributed by atoms with Gasteiger partial charge in [-0.25, -0.2) is 5.43 Å². The molecule has 1 N–H and O–H groups in total. The van der Waals surface area contributed by atoms with Crippen molar-refractivity contribution in [3.05, 3.63) is 101 Å². The predicted octanol–water partition coefficient (Wildman–Crippen LogP) is 6.10. The molecule has 1 amide bonds. The number of hydrazone groups is 1. The molecule has 0 aliphatic rings. The van der Waals surface area contributed by atoms with Gasteiger partial charge in [0.25, 0.3) is 5.91 Å². The number of hydrogen-bond donors (Lipinski definition) is 1. The minimum absolute atomic E-state index is 0.119. The number of thioether (sulfide) groups is 1. The van der Waals surface area contributed by atoms with Crippen LogP contribution in [0, 0.1) is 0 Å². The van der Waals surface area contributed by atoms with Gasteiger partial charge in [-0.05, 0) is 41.1 Å². The molecule has 5 rings (SSSR count). The molecular weight excluding hydrogens is 550 g/mol. The second-order valence-corrected chi connectivity index (χ2v) is 9.83. The number of halogens is 1. The van der Waals surface area contributed by atoms with Crippen molar-refractivity contribution in [2.24, 2.45) is 5.10 Å². The Morgan fingerprint density at radius 3 is 2.54 bits per heavy atom. The van der Waals surface area contributed by atoms with E-state index in [1.807, 2.05) is 95.6 Å². The van der Waals surface area contributed by atoms with Crippen LogP contribution in [0.3, 0.4) is 0 Å². The molecule has 0 spiro atoms. The average molecular weight is 572 g/mol. The third-order valence-corrected chi connectivity index (χ3v) is 7.07. The maximum Gasteiger partial charge on any atom is 0.250 e. The van der Waals surface area contributed by atoms with Gasteiger partial charge in [0, 0.05) is 21.3 Å². The first-order valence-corrected chi connectivity index (χ1v) is 13.2. The Kier molecular flexibility index (Phi) is 7.62. The fourth-order valence-corrected chi connectivity index (χ4v) is 4.89. The molecule has 37 heavy (non-hydrogen) atoms. The van der Waals surface area contributed by atoms with Crippen molar-refractivity contribution in [3.63, 3.8) is 0 Å². The van der Waals surface area contributed by atoms with Gasteiger partial charge in [-0.3, -0.25) is 9.36 Å². The number of amides is 1. The molecule has 4 aromatic carbocycles. The molecule has 9 heteroatoms. The summed E-state index contributed by atoms with van der Waals surface area (Å²) in [5, 5.41) is 15.6. The van der Waals surface area contributed by atoms with Gasteiger partial charge in [0.05, 0.1) is 19.1 Å². The molecule has 0 saturated heterocycles. The first kappa shape index (κ1) is 24.7. The fourth-order valence-electron chi connectivity index (χ4n) is 3.88. The number of aromatic nitrogens is 3. The number of hydrogen-bond acceptors (Lipinski definition) is 6. The van der Waals surface area contributed by atoms with Crippen LogP contribution in [-0.2, 0) is 4.79 Å². The molecule has 0 bridgehead atoms. The van der Waals surface area contributed by atoms with Gasteiger partial charge in [0.2, 0.25) is 0 Å². The number of fused-ring (bicyclic) bond motifs is 1. The number of rotatable bonds is 8. The Bertz CT molecular complexity index is 1570. The van der Waals surface area contributed by atoms with E-state index in [1.54, 1.807) is 13.3 Å². The molecule has 0 aliphatic carbocycles. The van der Waals surface area contributed by atoms with E-state index >= 15 is 0 Å². The Balaban J connectivity index is 1.33. The van der Waals surface area contributed by atoms with Crippen LogP contribution in [0.2, 0.25) is 0 Å². The van der Waals surface area contributed by atoms with Crippen molar-refractivity contribution < 1.29 is 9.53 Å². The van der Waals surface area contributed by atoms with Crippen molar-refractivity contribution in [2.45, 2.75) is 5.16 Å². The molecular formula is C28H22BrN5O2S. The zero-order chi connectivity index (χ0) is 25.6. The SMILES string of the molecule is COc1ccc2ccccc2c1C=NNC(=O)CSc1nnc(-c2ccccc2)n1-c1ccc(Br)cc1. The summed E-state index contributed by atoms with van der Waals surface area (Å²) in [5.41, 5.74) is 5.25. The zero-order valence-corrected chi connectivity index (χ0v) is 22.2. The lowest BCUT2D eigenvalue weighted by Gasteiger charge is -2.10. The van der Waals surface area contributed by atoms with Gasteiger partial charge in [-0.1, -0.05) is 88.4 Å². The summed E-state index contributed by atoms with van der Waals surface area (Å²) in [6.07, 6.45) is 1.61. The minimum atomic E-state index is -0.257. The third kappa shape index (κ3) is 5.58. The fraction of sp³-hybridized carbons (Fsp3) is 0.0714. The van der Waals surface area contributed by atoms with Crippen molar-refractivity contribution in [1.29, 1.82) is 0 Å². The molecule has 1 heterocycles. The van der Waals surface area contributed by atoms with Gasteiger partial charge in [0.1, 0.15) is 5.75 Å². The average Bonchev–Trinajstić information content (AvgIpc) is 3.37. The van der Waals surface area contributed by atoms with Gasteiger partial charge in [0.15, 0.2) is 11.0 Å². The van der Waals surface area contributed by atoms with E-state index in [2.05, 4.69) is 36.7 Å². The summed E-state index contributed by atoms with van der Waals surface area (Å²) < 4.78 is 8.41. The summed E-state index contributed by atoms with van der Waals surface area (Å²) in [5.74, 6) is 1.24. The number of nitrogens with one attached hydrogen (secondary N) is 1. The molecule has 5 aromatic rings. The predicted molar refractivity (Wildman–Crippen MR) is 151 cm³/mol. The third-order valence-electron chi connectivity index (χ3n) is 5.62. The lowest BCUT2D eigenvalue weighted by Crippen LogP contribution is -2.20. The van der Waals surface area contributed by atoms with Gasteiger partial charge in [-0.2, -0.15) is 5.10 Å². The summed E-state index contributed by atoms with van der Waals surface area (Å²) in [4.78, 5) is 12.7. The van der Waals surface area contributed by atoms with Crippen LogP contribution in [0.4, 0.5) is 0 Å². The highest BCUT2D eigenvalue weighted by molar-refractivity contribution is 9.10. The van der Waals surface area contributed by atoms with Crippen LogP contribution < -0.4 is 10.2 Å². The Morgan fingerprint density at radius 2 is 1.76 bits per heavy atom. The molecule has 0 saturated carbocycles. The first-order chi connectivity index (χ1) is 18.1. The summed E-state index contributed by atoms with van der Waals surface area (Å²) in [6.45, 7) is 0. The molecule has 184 valence electrons. The maximum atomic E-state index is 12.7. The van der Waals surface area contributed by atoms with Crippen molar-refractivity contribution in [1.82, 2.24) is 20.2 Å². The highest BCUT2D eigenvalue weighted by Crippen LogP contribution is 2.29. The smallest absolute Gasteiger partial charge is 0.250 e. The van der Waals surface area contributed by atoms with Crippen molar-refractivity contribution in [3.8, 4) is 22.8 Å². The Morgan fingerprint density at radius 1 is 1.00 bits per heavy atom. The molecule has 0 unspecified atom stereocenters. The second kappa shape index (κ2) is 11.4. The van der Waals surface area contributed by atoms with E-state index in [0.717, 1.165) is 32.1 Å². The van der Waals surface area contributed by atoms with Crippen LogP contribution in [0.1, 0.15) is 5.56 Å². The van der Waals surface area contributed by atoms with E-state index in [0.29, 0.717) is 16.7 Å². The highest BCUT2D eigenvalue weighted by atomic mass is 79.9. The number of ether oxygens (including phenoxy) is 1. The van der Waals surface area contributed by atoms with Gasteiger partial charge in [-0.15, -0.1) is 10.2 Å². The maximum absolute atomic E-state index is 12.7. The highest BCUT2D eigenvalue weighted by Gasteiger charge is 2.17. The number of benzene rings is 4. The van der Waals surface area contributed by atoms with E-state index in [4.69, 9.17) is 4.74 Å². The van der Waals surface area contributed by atoms with Gasteiger partial charge < -0.3 is 4.74 Å². The zero-order valence-electron chi connectivity index (χ0n) is 19.8. The quantitative estimate of drug-likeness (QED) is 0.138. The molecule has 0 aliphatic heterocycles. The molecule has 0 fully saturated rings. The van der Waals surface area contributed by atoms with Crippen LogP contribution in [0.25, 0.3) is 27.8 Å². The Hall–Kier alpha value is -3.95. The largest absolute Gasteiger partial charge is 0.496 e. The van der Waals surface area contributed by atoms with Crippen molar-refractivity contribution in [2.75, 3.05) is 12.9 Å². The van der Waals surface area contributed by atoms with Crippen LogP contribution >= 0.6 is 27.7 Å². The normalized spacial score (nSPS) is 11.2. The monoisotopic (exact) mass is 571 g/mol. The summed E-state index contributed by atoms with van der Waals surface area (Å²) in [7, 11) is 1.61. The number of carbonyl (C=O) groups is 1. The summed E-state index contributed by atoms with van der Waals surface area (Å²) >= 11 is 4.78.